The van der Waals surface area contributed by atoms with Gasteiger partial charge in [-0.15, -0.1) is 0 Å². The Balaban J connectivity index is 2.34. The lowest BCUT2D eigenvalue weighted by Gasteiger charge is -2.12. The van der Waals surface area contributed by atoms with Crippen LogP contribution in [0.2, 0.25) is 15.1 Å². The first-order valence-electron chi connectivity index (χ1n) is 7.04. The Hall–Kier alpha value is -2.08. The van der Waals surface area contributed by atoms with E-state index in [1.807, 2.05) is 0 Å². The number of carbonyl (C=O) groups is 1. The number of rotatable bonds is 4. The third-order valence-electron chi connectivity index (χ3n) is 3.56. The Bertz CT molecular complexity index is 955. The van der Waals surface area contributed by atoms with Gasteiger partial charge in [-0.3, -0.25) is 4.57 Å². The van der Waals surface area contributed by atoms with Crippen molar-refractivity contribution in [3.63, 3.8) is 0 Å². The summed E-state index contributed by atoms with van der Waals surface area (Å²) in [6.45, 7) is -1.01. The zero-order valence-electron chi connectivity index (χ0n) is 12.5. The number of nitrogens with zero attached hydrogens (tertiary/aromatic N) is 2. The molecule has 0 aliphatic carbocycles. The van der Waals surface area contributed by atoms with E-state index in [9.17, 15) is 14.3 Å². The molecule has 0 aliphatic rings. The molecule has 0 bridgehead atoms. The Kier molecular flexibility index (Phi) is 4.99. The normalized spacial score (nSPS) is 10.9. The number of halogens is 4. The summed E-state index contributed by atoms with van der Waals surface area (Å²) in [6, 6.07) is 11.2. The number of carboxylic acids is 1. The quantitative estimate of drug-likeness (QED) is 0.615. The lowest BCUT2D eigenvalue weighted by atomic mass is 10.2. The molecule has 0 saturated heterocycles. The van der Waals surface area contributed by atoms with Gasteiger partial charge in [0.15, 0.2) is 5.69 Å². The van der Waals surface area contributed by atoms with Gasteiger partial charge in [0.2, 0.25) is 0 Å². The molecule has 8 heteroatoms. The molecule has 0 fully saturated rings. The largest absolute Gasteiger partial charge is 0.476 e. The van der Waals surface area contributed by atoms with Gasteiger partial charge in [0.05, 0.1) is 10.7 Å². The summed E-state index contributed by atoms with van der Waals surface area (Å²) in [7, 11) is 0. The van der Waals surface area contributed by atoms with Crippen LogP contribution in [0.15, 0.2) is 42.5 Å². The topological polar surface area (TPSA) is 55.1 Å². The van der Waals surface area contributed by atoms with E-state index < -0.39 is 12.6 Å². The molecule has 1 N–H and O–H groups in total. The van der Waals surface area contributed by atoms with Crippen LogP contribution in [0.1, 0.15) is 16.2 Å². The van der Waals surface area contributed by atoms with E-state index in [0.717, 1.165) is 0 Å². The summed E-state index contributed by atoms with van der Waals surface area (Å²) in [4.78, 5) is 15.6. The van der Waals surface area contributed by atoms with Crippen molar-refractivity contribution in [2.75, 3.05) is 0 Å². The Morgan fingerprint density at radius 2 is 1.72 bits per heavy atom. The number of aromatic carboxylic acids is 1. The summed E-state index contributed by atoms with van der Waals surface area (Å²) in [5.41, 5.74) is 0.482. The average molecular weight is 400 g/mol. The van der Waals surface area contributed by atoms with E-state index in [1.165, 1.54) is 10.6 Å². The lowest BCUT2D eigenvalue weighted by molar-refractivity contribution is 0.0688. The summed E-state index contributed by atoms with van der Waals surface area (Å²) >= 11 is 18.0. The first kappa shape index (κ1) is 17.7. The Labute approximate surface area is 157 Å². The van der Waals surface area contributed by atoms with Gasteiger partial charge in [0.1, 0.15) is 12.5 Å². The van der Waals surface area contributed by atoms with Gasteiger partial charge in [-0.05, 0) is 42.5 Å². The third-order valence-corrected chi connectivity index (χ3v) is 4.36. The van der Waals surface area contributed by atoms with E-state index in [2.05, 4.69) is 4.98 Å². The monoisotopic (exact) mass is 398 g/mol. The first-order chi connectivity index (χ1) is 11.9. The van der Waals surface area contributed by atoms with Crippen molar-refractivity contribution in [3.8, 4) is 17.1 Å². The van der Waals surface area contributed by atoms with Gasteiger partial charge in [-0.1, -0.05) is 34.8 Å². The predicted octanol–water partition coefficient (Wildman–Crippen LogP) is 5.67. The van der Waals surface area contributed by atoms with Gasteiger partial charge < -0.3 is 5.11 Å². The molecule has 4 nitrogen and oxygen atoms in total. The molecule has 0 atom stereocenters. The van der Waals surface area contributed by atoms with E-state index in [4.69, 9.17) is 34.8 Å². The second-order valence-corrected chi connectivity index (χ2v) is 6.39. The van der Waals surface area contributed by atoms with Gasteiger partial charge in [0, 0.05) is 21.3 Å². The molecular formula is C17H10Cl3FN2O2. The molecule has 0 radical (unpaired) electrons. The van der Waals surface area contributed by atoms with E-state index in [1.54, 1.807) is 36.4 Å². The average Bonchev–Trinajstić information content (AvgIpc) is 2.95. The van der Waals surface area contributed by atoms with Crippen molar-refractivity contribution >= 4 is 40.8 Å². The molecular weight excluding hydrogens is 390 g/mol. The SMILES string of the molecule is O=C(O)c1nc(-c2ccc(Cl)cc2Cl)n(-c2ccc(Cl)cc2)c1CF. The highest BCUT2D eigenvalue weighted by molar-refractivity contribution is 6.36. The summed E-state index contributed by atoms with van der Waals surface area (Å²) in [6.07, 6.45) is 0. The molecule has 0 spiro atoms. The predicted molar refractivity (Wildman–Crippen MR) is 95.8 cm³/mol. The van der Waals surface area contributed by atoms with Gasteiger partial charge in [0.25, 0.3) is 0 Å². The molecule has 3 rings (SSSR count). The lowest BCUT2D eigenvalue weighted by Crippen LogP contribution is -2.05. The maximum Gasteiger partial charge on any atom is 0.356 e. The minimum absolute atomic E-state index is 0.0872. The molecule has 25 heavy (non-hydrogen) atoms. The molecule has 0 saturated carbocycles. The molecule has 0 unspecified atom stereocenters. The van der Waals surface area contributed by atoms with Crippen molar-refractivity contribution < 1.29 is 14.3 Å². The highest BCUT2D eigenvalue weighted by atomic mass is 35.5. The molecule has 2 aromatic carbocycles. The number of hydrogen-bond donors (Lipinski definition) is 1. The highest BCUT2D eigenvalue weighted by Gasteiger charge is 2.25. The minimum Gasteiger partial charge on any atom is -0.476 e. The van der Waals surface area contributed by atoms with Crippen molar-refractivity contribution in [1.29, 1.82) is 0 Å². The summed E-state index contributed by atoms with van der Waals surface area (Å²) in [5, 5.41) is 10.6. The third kappa shape index (κ3) is 3.35. The number of aromatic nitrogens is 2. The van der Waals surface area contributed by atoms with Crippen LogP contribution < -0.4 is 0 Å². The van der Waals surface area contributed by atoms with Crippen LogP contribution in [-0.2, 0) is 6.67 Å². The molecule has 1 heterocycles. The molecule has 128 valence electrons. The number of imidazole rings is 1. The number of carboxylic acid groups (broad SMARTS) is 1. The summed E-state index contributed by atoms with van der Waals surface area (Å²) in [5.74, 6) is -1.12. The van der Waals surface area contributed by atoms with Crippen LogP contribution in [0, 0.1) is 0 Å². The van der Waals surface area contributed by atoms with E-state index in [-0.39, 0.29) is 22.2 Å². The van der Waals surface area contributed by atoms with E-state index in [0.29, 0.717) is 21.3 Å². The number of benzene rings is 2. The molecule has 0 aliphatic heterocycles. The maximum absolute atomic E-state index is 13.7. The number of hydrogen-bond acceptors (Lipinski definition) is 2. The second kappa shape index (κ2) is 7.04. The van der Waals surface area contributed by atoms with Crippen molar-refractivity contribution in [2.24, 2.45) is 0 Å². The molecule has 1 aromatic heterocycles. The maximum atomic E-state index is 13.7. The van der Waals surface area contributed by atoms with Crippen LogP contribution in [0.5, 0.6) is 0 Å². The van der Waals surface area contributed by atoms with E-state index >= 15 is 0 Å². The van der Waals surface area contributed by atoms with Crippen LogP contribution in [0.3, 0.4) is 0 Å². The van der Waals surface area contributed by atoms with Crippen LogP contribution >= 0.6 is 34.8 Å². The standard InChI is InChI=1S/C17H10Cl3FN2O2/c18-9-1-4-11(5-2-9)23-14(8-21)15(17(24)25)22-16(23)12-6-3-10(19)7-13(12)20/h1-7H,8H2,(H,24,25). The van der Waals surface area contributed by atoms with Gasteiger partial charge >= 0.3 is 5.97 Å². The second-order valence-electron chi connectivity index (χ2n) is 5.11. The van der Waals surface area contributed by atoms with Crippen molar-refractivity contribution in [2.45, 2.75) is 6.67 Å². The van der Waals surface area contributed by atoms with Gasteiger partial charge in [-0.25, -0.2) is 14.2 Å². The smallest absolute Gasteiger partial charge is 0.356 e. The molecule has 3 aromatic rings. The fraction of sp³-hybridized carbons (Fsp3) is 0.0588. The van der Waals surface area contributed by atoms with Crippen molar-refractivity contribution in [1.82, 2.24) is 9.55 Å². The zero-order chi connectivity index (χ0) is 18.1. The highest BCUT2D eigenvalue weighted by Crippen LogP contribution is 2.34. The zero-order valence-corrected chi connectivity index (χ0v) is 14.8. The molecule has 0 amide bonds. The minimum atomic E-state index is -1.33. The van der Waals surface area contributed by atoms with Crippen LogP contribution in [-0.4, -0.2) is 20.6 Å². The first-order valence-corrected chi connectivity index (χ1v) is 8.18. The summed E-state index contributed by atoms with van der Waals surface area (Å²) < 4.78 is 15.1. The van der Waals surface area contributed by atoms with Crippen molar-refractivity contribution in [3.05, 3.63) is 68.9 Å². The fourth-order valence-electron chi connectivity index (χ4n) is 2.47. The Morgan fingerprint density at radius 1 is 1.08 bits per heavy atom. The van der Waals surface area contributed by atoms with Gasteiger partial charge in [-0.2, -0.15) is 0 Å². The van der Waals surface area contributed by atoms with Crippen LogP contribution in [0.4, 0.5) is 4.39 Å². The van der Waals surface area contributed by atoms with Crippen LogP contribution in [0.25, 0.3) is 17.1 Å². The fourth-order valence-corrected chi connectivity index (χ4v) is 3.09. The Morgan fingerprint density at radius 3 is 2.28 bits per heavy atom. The number of alkyl halides is 1.